The van der Waals surface area contributed by atoms with Crippen molar-refractivity contribution in [1.29, 1.82) is 0 Å². The first-order chi connectivity index (χ1) is 11.1. The van der Waals surface area contributed by atoms with Crippen LogP contribution in [-0.2, 0) is 4.79 Å². The highest BCUT2D eigenvalue weighted by atomic mass is 19.4. The Morgan fingerprint density at radius 2 is 1.32 bits per heavy atom. The largest absolute Gasteiger partial charge is 0.385 e. The van der Waals surface area contributed by atoms with Gasteiger partial charge in [-0.15, -0.1) is 0 Å². The molecule has 0 atom stereocenters. The smallest absolute Gasteiger partial charge is 0.294 e. The Balaban J connectivity index is 3.11. The first kappa shape index (κ1) is 20.9. The standard InChI is InChI=1S/C13H6F10O2/c14-6-1-5(2-7(15)3-6)8(24)4-9(25)11(18,19)13(22,23)12(20,21)10(16)17/h1-3,10H,4H2. The predicted octanol–water partition coefficient (Wildman–Crippen LogP) is 4.28. The summed E-state index contributed by atoms with van der Waals surface area (Å²) in [7, 11) is 0. The zero-order valence-corrected chi connectivity index (χ0v) is 11.6. The van der Waals surface area contributed by atoms with Crippen molar-refractivity contribution in [3.63, 3.8) is 0 Å². The van der Waals surface area contributed by atoms with Gasteiger partial charge >= 0.3 is 24.2 Å². The molecule has 0 saturated heterocycles. The second-order valence-corrected chi connectivity index (χ2v) is 4.75. The molecule has 1 aromatic carbocycles. The molecule has 0 saturated carbocycles. The van der Waals surface area contributed by atoms with Crippen molar-refractivity contribution in [3.05, 3.63) is 35.4 Å². The van der Waals surface area contributed by atoms with E-state index in [0.29, 0.717) is 0 Å². The lowest BCUT2D eigenvalue weighted by molar-refractivity contribution is -0.327. The van der Waals surface area contributed by atoms with Crippen molar-refractivity contribution >= 4 is 11.6 Å². The van der Waals surface area contributed by atoms with Gasteiger partial charge in [-0.1, -0.05) is 0 Å². The van der Waals surface area contributed by atoms with Crippen LogP contribution in [0.2, 0.25) is 0 Å². The van der Waals surface area contributed by atoms with Crippen LogP contribution in [0, 0.1) is 11.6 Å². The van der Waals surface area contributed by atoms with E-state index in [4.69, 9.17) is 0 Å². The molecule has 0 amide bonds. The molecular formula is C13H6F10O2. The van der Waals surface area contributed by atoms with Gasteiger partial charge in [-0.05, 0) is 12.1 Å². The maximum atomic E-state index is 13.3. The number of Topliss-reactive ketones (excluding diaryl/α,β-unsaturated/α-hetero) is 2. The van der Waals surface area contributed by atoms with Gasteiger partial charge in [-0.2, -0.15) is 26.3 Å². The molecule has 0 bridgehead atoms. The molecule has 0 heterocycles. The van der Waals surface area contributed by atoms with Gasteiger partial charge in [0.05, 0.1) is 6.42 Å². The molecule has 2 nitrogen and oxygen atoms in total. The third-order valence-corrected chi connectivity index (χ3v) is 2.94. The van der Waals surface area contributed by atoms with Crippen LogP contribution >= 0.6 is 0 Å². The van der Waals surface area contributed by atoms with Crippen molar-refractivity contribution < 1.29 is 53.5 Å². The second-order valence-electron chi connectivity index (χ2n) is 4.75. The molecule has 0 radical (unpaired) electrons. The first-order valence-corrected chi connectivity index (χ1v) is 6.08. The molecule has 25 heavy (non-hydrogen) atoms. The Bertz CT molecular complexity index is 663. The minimum atomic E-state index is -6.81. The fourth-order valence-corrected chi connectivity index (χ4v) is 1.60. The van der Waals surface area contributed by atoms with Crippen LogP contribution in [0.25, 0.3) is 0 Å². The lowest BCUT2D eigenvalue weighted by Crippen LogP contribution is -2.60. The highest BCUT2D eigenvalue weighted by Gasteiger charge is 2.77. The van der Waals surface area contributed by atoms with Crippen LogP contribution in [0.15, 0.2) is 18.2 Å². The normalized spacial score (nSPS) is 13.2. The number of benzene rings is 1. The average molecular weight is 384 g/mol. The SMILES string of the molecule is O=C(CC(=O)C(F)(F)C(F)(F)C(F)(F)C(F)F)c1cc(F)cc(F)c1. The minimum absolute atomic E-state index is 0.255. The Morgan fingerprint density at radius 3 is 1.72 bits per heavy atom. The number of halogens is 10. The van der Waals surface area contributed by atoms with Crippen LogP contribution < -0.4 is 0 Å². The summed E-state index contributed by atoms with van der Waals surface area (Å²) >= 11 is 0. The van der Waals surface area contributed by atoms with Crippen LogP contribution in [-0.4, -0.2) is 35.8 Å². The maximum absolute atomic E-state index is 13.3. The second kappa shape index (κ2) is 6.64. The summed E-state index contributed by atoms with van der Waals surface area (Å²) in [5.41, 5.74) is -1.02. The molecule has 1 aromatic rings. The summed E-state index contributed by atoms with van der Waals surface area (Å²) < 4.78 is 127. The number of hydrogen-bond acceptors (Lipinski definition) is 2. The van der Waals surface area contributed by atoms with Gasteiger partial charge < -0.3 is 0 Å². The molecule has 0 aliphatic carbocycles. The molecule has 0 spiro atoms. The van der Waals surface area contributed by atoms with Crippen molar-refractivity contribution in [3.8, 4) is 0 Å². The molecule has 0 unspecified atom stereocenters. The van der Waals surface area contributed by atoms with Gasteiger partial charge in [0.1, 0.15) is 11.6 Å². The Kier molecular flexibility index (Phi) is 5.55. The van der Waals surface area contributed by atoms with E-state index in [9.17, 15) is 53.5 Å². The summed E-state index contributed by atoms with van der Waals surface area (Å²) in [6.45, 7) is 0. The number of ketones is 2. The van der Waals surface area contributed by atoms with Crippen LogP contribution in [0.4, 0.5) is 43.9 Å². The van der Waals surface area contributed by atoms with Crippen molar-refractivity contribution in [2.24, 2.45) is 0 Å². The Morgan fingerprint density at radius 1 is 0.880 bits per heavy atom. The topological polar surface area (TPSA) is 34.1 Å². The zero-order valence-electron chi connectivity index (χ0n) is 11.6. The fraction of sp³-hybridized carbons (Fsp3) is 0.385. The highest BCUT2D eigenvalue weighted by molar-refractivity contribution is 6.10. The lowest BCUT2D eigenvalue weighted by Gasteiger charge is -2.31. The summed E-state index contributed by atoms with van der Waals surface area (Å²) in [5.74, 6) is -27.4. The van der Waals surface area contributed by atoms with E-state index in [1.807, 2.05) is 0 Å². The maximum Gasteiger partial charge on any atom is 0.385 e. The van der Waals surface area contributed by atoms with Gasteiger partial charge in [-0.3, -0.25) is 9.59 Å². The fourth-order valence-electron chi connectivity index (χ4n) is 1.60. The molecule has 0 fully saturated rings. The molecular weight excluding hydrogens is 378 g/mol. The minimum Gasteiger partial charge on any atom is -0.294 e. The monoisotopic (exact) mass is 384 g/mol. The van der Waals surface area contributed by atoms with Crippen molar-refractivity contribution in [2.75, 3.05) is 0 Å². The Labute approximate surface area is 132 Å². The van der Waals surface area contributed by atoms with E-state index < -0.39 is 59.4 Å². The molecule has 0 aliphatic heterocycles. The predicted molar refractivity (Wildman–Crippen MR) is 61.2 cm³/mol. The van der Waals surface area contributed by atoms with Gasteiger partial charge in [0.2, 0.25) is 5.78 Å². The summed E-state index contributed by atoms with van der Waals surface area (Å²) in [5, 5.41) is 0. The van der Waals surface area contributed by atoms with Crippen LogP contribution in [0.5, 0.6) is 0 Å². The van der Waals surface area contributed by atoms with E-state index in [1.54, 1.807) is 0 Å². The average Bonchev–Trinajstić information content (AvgIpc) is 2.45. The highest BCUT2D eigenvalue weighted by Crippen LogP contribution is 2.49. The third-order valence-electron chi connectivity index (χ3n) is 2.94. The van der Waals surface area contributed by atoms with E-state index in [2.05, 4.69) is 0 Å². The van der Waals surface area contributed by atoms with Crippen molar-refractivity contribution in [1.82, 2.24) is 0 Å². The lowest BCUT2D eigenvalue weighted by atomic mass is 9.96. The van der Waals surface area contributed by atoms with E-state index in [1.165, 1.54) is 0 Å². The van der Waals surface area contributed by atoms with E-state index >= 15 is 0 Å². The van der Waals surface area contributed by atoms with Crippen LogP contribution in [0.1, 0.15) is 16.8 Å². The molecule has 12 heteroatoms. The molecule has 0 aliphatic rings. The summed E-state index contributed by atoms with van der Waals surface area (Å²) in [6, 6.07) is 0.788. The van der Waals surface area contributed by atoms with E-state index in [-0.39, 0.29) is 18.2 Å². The zero-order chi connectivity index (χ0) is 19.8. The summed E-state index contributed by atoms with van der Waals surface area (Å²) in [4.78, 5) is 22.6. The molecule has 140 valence electrons. The number of rotatable bonds is 7. The number of carbonyl (C=O) groups excluding carboxylic acids is 2. The van der Waals surface area contributed by atoms with Crippen molar-refractivity contribution in [2.45, 2.75) is 30.6 Å². The molecule has 1 rings (SSSR count). The number of carbonyl (C=O) groups is 2. The molecule has 0 N–H and O–H groups in total. The quantitative estimate of drug-likeness (QED) is 0.400. The third kappa shape index (κ3) is 3.76. The Hall–Kier alpha value is -2.14. The van der Waals surface area contributed by atoms with Crippen LogP contribution in [0.3, 0.4) is 0 Å². The first-order valence-electron chi connectivity index (χ1n) is 6.08. The number of hydrogen-bond donors (Lipinski definition) is 0. The van der Waals surface area contributed by atoms with Gasteiger partial charge in [-0.25, -0.2) is 17.6 Å². The van der Waals surface area contributed by atoms with Gasteiger partial charge in [0.15, 0.2) is 5.78 Å². The van der Waals surface area contributed by atoms with E-state index in [0.717, 1.165) is 0 Å². The summed E-state index contributed by atoms with van der Waals surface area (Å²) in [6.07, 6.45) is -7.40. The van der Waals surface area contributed by atoms with Gasteiger partial charge in [0, 0.05) is 11.6 Å². The number of alkyl halides is 8. The molecule has 0 aromatic heterocycles. The van der Waals surface area contributed by atoms with Gasteiger partial charge in [0.25, 0.3) is 0 Å².